The molecule has 0 saturated heterocycles. The first kappa shape index (κ1) is 16.0. The van der Waals surface area contributed by atoms with Crippen molar-refractivity contribution in [2.45, 2.75) is 30.7 Å². The molecule has 0 bridgehead atoms. The molecule has 1 aliphatic rings. The highest BCUT2D eigenvalue weighted by atomic mass is 32.2. The molecule has 1 aromatic rings. The molecule has 8 heteroatoms. The van der Waals surface area contributed by atoms with Crippen LogP contribution in [0.1, 0.15) is 30.3 Å². The fourth-order valence-corrected chi connectivity index (χ4v) is 3.43. The summed E-state index contributed by atoms with van der Waals surface area (Å²) in [7, 11) is -2.16. The van der Waals surface area contributed by atoms with Crippen LogP contribution in [0.2, 0.25) is 0 Å². The second-order valence-electron chi connectivity index (χ2n) is 5.23. The van der Waals surface area contributed by atoms with Crippen LogP contribution in [0.25, 0.3) is 0 Å². The number of carboxylic acids is 1. The second kappa shape index (κ2) is 6.17. The summed E-state index contributed by atoms with van der Waals surface area (Å²) in [4.78, 5) is 13.2. The van der Waals surface area contributed by atoms with Crippen molar-refractivity contribution in [1.29, 1.82) is 0 Å². The Hall–Kier alpha value is -1.38. The lowest BCUT2D eigenvalue weighted by atomic mass is 10.4. The number of nitrogens with one attached hydrogen (secondary N) is 1. The summed E-state index contributed by atoms with van der Waals surface area (Å²) in [5.74, 6) is -1.15. The van der Waals surface area contributed by atoms with Gasteiger partial charge >= 0.3 is 5.97 Å². The van der Waals surface area contributed by atoms with E-state index in [-0.39, 0.29) is 10.6 Å². The summed E-state index contributed by atoms with van der Waals surface area (Å²) in [6.45, 7) is 3.95. The topological polar surface area (TPSA) is 91.6 Å². The molecular weight excluding hydrogens is 294 g/mol. The minimum absolute atomic E-state index is 0.0168. The molecule has 1 aromatic heterocycles. The summed E-state index contributed by atoms with van der Waals surface area (Å²) in [5, 5.41) is 8.95. The highest BCUT2D eigenvalue weighted by Crippen LogP contribution is 2.25. The number of rotatable bonds is 8. The quantitative estimate of drug-likeness (QED) is 0.728. The molecule has 1 heterocycles. The lowest BCUT2D eigenvalue weighted by Crippen LogP contribution is -2.36. The number of hydrogen-bond donors (Lipinski definition) is 2. The van der Waals surface area contributed by atoms with Crippen molar-refractivity contribution in [3.05, 3.63) is 18.0 Å². The van der Waals surface area contributed by atoms with E-state index >= 15 is 0 Å². The van der Waals surface area contributed by atoms with Crippen LogP contribution in [0.4, 0.5) is 0 Å². The van der Waals surface area contributed by atoms with Gasteiger partial charge in [-0.25, -0.2) is 17.9 Å². The number of nitrogens with zero attached hydrogens (tertiary/aromatic N) is 2. The average molecular weight is 315 g/mol. The summed E-state index contributed by atoms with van der Waals surface area (Å²) in [6.07, 6.45) is 3.67. The van der Waals surface area contributed by atoms with E-state index in [1.807, 2.05) is 0 Å². The number of carboxylic acid groups (broad SMARTS) is 1. The Balaban J connectivity index is 1.98. The molecule has 1 fully saturated rings. The van der Waals surface area contributed by atoms with Gasteiger partial charge in [0, 0.05) is 32.4 Å². The molecule has 0 radical (unpaired) electrons. The standard InChI is InChI=1S/C13H21N3O4S/c1-3-16(10-4-5-10)7-6-14-21(19,20)11-8-12(13(17)18)15(2)9-11/h8-10,14H,3-7H2,1-2H3,(H,17,18). The number of likely N-dealkylation sites (N-methyl/N-ethyl adjacent to an activating group) is 1. The summed E-state index contributed by atoms with van der Waals surface area (Å²) < 4.78 is 28.1. The third-order valence-electron chi connectivity index (χ3n) is 3.67. The molecule has 1 saturated carbocycles. The number of sulfonamides is 1. The first-order valence-corrected chi connectivity index (χ1v) is 8.47. The van der Waals surface area contributed by atoms with Crippen LogP contribution in [0.5, 0.6) is 0 Å². The highest BCUT2D eigenvalue weighted by molar-refractivity contribution is 7.89. The van der Waals surface area contributed by atoms with E-state index in [1.54, 1.807) is 0 Å². The number of aromatic carboxylic acids is 1. The van der Waals surface area contributed by atoms with Crippen LogP contribution in [0, 0.1) is 0 Å². The molecule has 0 atom stereocenters. The van der Waals surface area contributed by atoms with Crippen LogP contribution in [-0.2, 0) is 17.1 Å². The van der Waals surface area contributed by atoms with Crippen molar-refractivity contribution in [1.82, 2.24) is 14.2 Å². The zero-order valence-electron chi connectivity index (χ0n) is 12.2. The van der Waals surface area contributed by atoms with Gasteiger partial charge in [-0.05, 0) is 25.5 Å². The van der Waals surface area contributed by atoms with Gasteiger partial charge in [0.1, 0.15) is 10.6 Å². The fraction of sp³-hybridized carbons (Fsp3) is 0.615. The van der Waals surface area contributed by atoms with Crippen LogP contribution in [-0.4, -0.2) is 54.6 Å². The Kier molecular flexibility index (Phi) is 4.70. The van der Waals surface area contributed by atoms with Crippen LogP contribution in [0.15, 0.2) is 17.2 Å². The second-order valence-corrected chi connectivity index (χ2v) is 7.00. The van der Waals surface area contributed by atoms with Gasteiger partial charge in [0.15, 0.2) is 0 Å². The smallest absolute Gasteiger partial charge is 0.352 e. The minimum atomic E-state index is -3.67. The zero-order chi connectivity index (χ0) is 15.6. The molecular formula is C13H21N3O4S. The van der Waals surface area contributed by atoms with Gasteiger partial charge in [-0.15, -0.1) is 0 Å². The summed E-state index contributed by atoms with van der Waals surface area (Å²) in [5.41, 5.74) is -0.0523. The molecule has 0 aromatic carbocycles. The third-order valence-corrected chi connectivity index (χ3v) is 5.10. The number of hydrogen-bond acceptors (Lipinski definition) is 4. The van der Waals surface area contributed by atoms with Gasteiger partial charge in [-0.1, -0.05) is 6.92 Å². The molecule has 2 N–H and O–H groups in total. The van der Waals surface area contributed by atoms with E-state index in [4.69, 9.17) is 5.11 Å². The van der Waals surface area contributed by atoms with E-state index in [0.29, 0.717) is 19.1 Å². The molecule has 0 amide bonds. The Morgan fingerprint density at radius 2 is 2.19 bits per heavy atom. The molecule has 2 rings (SSSR count). The van der Waals surface area contributed by atoms with E-state index in [9.17, 15) is 13.2 Å². The van der Waals surface area contributed by atoms with Gasteiger partial charge in [0.25, 0.3) is 0 Å². The normalized spacial score (nSPS) is 15.6. The van der Waals surface area contributed by atoms with Crippen molar-refractivity contribution in [2.75, 3.05) is 19.6 Å². The molecule has 0 aliphatic heterocycles. The Morgan fingerprint density at radius 1 is 1.52 bits per heavy atom. The minimum Gasteiger partial charge on any atom is -0.477 e. The predicted molar refractivity (Wildman–Crippen MR) is 77.8 cm³/mol. The highest BCUT2D eigenvalue weighted by Gasteiger charge is 2.27. The van der Waals surface area contributed by atoms with Gasteiger partial charge in [0.2, 0.25) is 10.0 Å². The Morgan fingerprint density at radius 3 is 2.67 bits per heavy atom. The zero-order valence-corrected chi connectivity index (χ0v) is 13.1. The number of aromatic nitrogens is 1. The first-order valence-electron chi connectivity index (χ1n) is 6.98. The molecule has 7 nitrogen and oxygen atoms in total. The maximum Gasteiger partial charge on any atom is 0.352 e. The van der Waals surface area contributed by atoms with Gasteiger partial charge in [-0.3, -0.25) is 4.90 Å². The average Bonchev–Trinajstić information content (AvgIpc) is 3.16. The van der Waals surface area contributed by atoms with Crippen molar-refractivity contribution in [3.63, 3.8) is 0 Å². The lowest BCUT2D eigenvalue weighted by Gasteiger charge is -2.19. The molecule has 1 aliphatic carbocycles. The monoisotopic (exact) mass is 315 g/mol. The van der Waals surface area contributed by atoms with E-state index < -0.39 is 16.0 Å². The Bertz CT molecular complexity index is 619. The number of carbonyl (C=O) groups is 1. The van der Waals surface area contributed by atoms with Crippen molar-refractivity contribution in [3.8, 4) is 0 Å². The lowest BCUT2D eigenvalue weighted by molar-refractivity contribution is 0.0686. The summed E-state index contributed by atoms with van der Waals surface area (Å²) in [6, 6.07) is 1.76. The largest absolute Gasteiger partial charge is 0.477 e. The van der Waals surface area contributed by atoms with Gasteiger partial charge < -0.3 is 9.67 Å². The van der Waals surface area contributed by atoms with Crippen molar-refractivity contribution in [2.24, 2.45) is 7.05 Å². The SMILES string of the molecule is CCN(CCNS(=O)(=O)c1cc(C(=O)O)n(C)c1)C1CC1. The van der Waals surface area contributed by atoms with Gasteiger partial charge in [-0.2, -0.15) is 0 Å². The fourth-order valence-electron chi connectivity index (χ4n) is 2.34. The van der Waals surface area contributed by atoms with E-state index in [1.165, 1.54) is 36.7 Å². The maximum atomic E-state index is 12.1. The molecule has 0 unspecified atom stereocenters. The van der Waals surface area contributed by atoms with E-state index in [0.717, 1.165) is 6.54 Å². The maximum absolute atomic E-state index is 12.1. The van der Waals surface area contributed by atoms with E-state index in [2.05, 4.69) is 16.5 Å². The Labute approximate surface area is 124 Å². The van der Waals surface area contributed by atoms with Gasteiger partial charge in [0.05, 0.1) is 0 Å². The molecule has 118 valence electrons. The van der Waals surface area contributed by atoms with Crippen LogP contribution in [0.3, 0.4) is 0 Å². The third kappa shape index (κ3) is 3.84. The molecule has 21 heavy (non-hydrogen) atoms. The van der Waals surface area contributed by atoms with Crippen LogP contribution >= 0.6 is 0 Å². The van der Waals surface area contributed by atoms with Crippen molar-refractivity contribution < 1.29 is 18.3 Å². The van der Waals surface area contributed by atoms with Crippen molar-refractivity contribution >= 4 is 16.0 Å². The molecule has 0 spiro atoms. The number of aryl methyl sites for hydroxylation is 1. The summed E-state index contributed by atoms with van der Waals surface area (Å²) >= 11 is 0. The predicted octanol–water partition coefficient (Wildman–Crippen LogP) is 0.486. The van der Waals surface area contributed by atoms with Crippen LogP contribution < -0.4 is 4.72 Å². The first-order chi connectivity index (χ1) is 9.85.